The summed E-state index contributed by atoms with van der Waals surface area (Å²) in [6, 6.07) is 2.58. The first-order valence-electron chi connectivity index (χ1n) is 6.87. The Hall–Kier alpha value is -1.09. The van der Waals surface area contributed by atoms with E-state index in [-0.39, 0.29) is 0 Å². The van der Waals surface area contributed by atoms with Gasteiger partial charge in [0.15, 0.2) is 0 Å². The van der Waals surface area contributed by atoms with E-state index < -0.39 is 0 Å². The van der Waals surface area contributed by atoms with Crippen LogP contribution in [0, 0.1) is 13.8 Å². The van der Waals surface area contributed by atoms with Crippen LogP contribution in [0.4, 0.5) is 0 Å². The van der Waals surface area contributed by atoms with Crippen molar-refractivity contribution < 1.29 is 4.74 Å². The second-order valence-corrected chi connectivity index (χ2v) is 5.10. The van der Waals surface area contributed by atoms with E-state index in [1.54, 1.807) is 0 Å². The quantitative estimate of drug-likeness (QED) is 0.753. The third-order valence-electron chi connectivity index (χ3n) is 2.86. The van der Waals surface area contributed by atoms with Crippen molar-refractivity contribution >= 4 is 0 Å². The van der Waals surface area contributed by atoms with Crippen LogP contribution in [0.1, 0.15) is 50.4 Å². The van der Waals surface area contributed by atoms with Crippen LogP contribution in [0.2, 0.25) is 0 Å². The van der Waals surface area contributed by atoms with Crippen molar-refractivity contribution in [3.05, 3.63) is 22.9 Å². The number of ether oxygens (including phenoxy) is 1. The number of pyridine rings is 1. The van der Waals surface area contributed by atoms with Gasteiger partial charge in [0.1, 0.15) is 0 Å². The van der Waals surface area contributed by atoms with Gasteiger partial charge in [0, 0.05) is 23.8 Å². The van der Waals surface area contributed by atoms with Crippen LogP contribution in [0.15, 0.2) is 6.07 Å². The highest BCUT2D eigenvalue weighted by molar-refractivity contribution is 5.35. The van der Waals surface area contributed by atoms with Crippen LogP contribution < -0.4 is 10.1 Å². The van der Waals surface area contributed by atoms with Gasteiger partial charge in [-0.2, -0.15) is 0 Å². The third-order valence-corrected chi connectivity index (χ3v) is 2.86. The Balaban J connectivity index is 2.83. The summed E-state index contributed by atoms with van der Waals surface area (Å²) in [5.74, 6) is 0.800. The number of hydrogen-bond acceptors (Lipinski definition) is 3. The zero-order valence-corrected chi connectivity index (χ0v) is 12.3. The lowest BCUT2D eigenvalue weighted by Gasteiger charge is -2.15. The molecule has 102 valence electrons. The Morgan fingerprint density at radius 3 is 2.67 bits per heavy atom. The lowest BCUT2D eigenvalue weighted by atomic mass is 10.1. The van der Waals surface area contributed by atoms with Crippen LogP contribution >= 0.6 is 0 Å². The summed E-state index contributed by atoms with van der Waals surface area (Å²) in [7, 11) is 0. The molecule has 0 aliphatic heterocycles. The molecule has 0 unspecified atom stereocenters. The van der Waals surface area contributed by atoms with Crippen LogP contribution in [-0.2, 0) is 6.54 Å². The van der Waals surface area contributed by atoms with Gasteiger partial charge < -0.3 is 10.1 Å². The first kappa shape index (κ1) is 15.0. The number of rotatable bonds is 7. The first-order chi connectivity index (χ1) is 8.54. The average molecular weight is 250 g/mol. The molecule has 1 rings (SSSR count). The molecule has 1 aromatic rings. The van der Waals surface area contributed by atoms with E-state index in [0.717, 1.165) is 37.6 Å². The predicted molar refractivity (Wildman–Crippen MR) is 76.1 cm³/mol. The molecule has 0 fully saturated rings. The smallest absolute Gasteiger partial charge is 0.218 e. The van der Waals surface area contributed by atoms with E-state index in [2.05, 4.69) is 44.1 Å². The summed E-state index contributed by atoms with van der Waals surface area (Å²) in [5.41, 5.74) is 3.46. The predicted octanol–water partition coefficient (Wildman–Crippen LogP) is 3.38. The maximum atomic E-state index is 5.82. The van der Waals surface area contributed by atoms with Crippen LogP contribution in [-0.4, -0.2) is 17.6 Å². The molecule has 0 aromatic carbocycles. The number of aromatic nitrogens is 1. The lowest BCUT2D eigenvalue weighted by Crippen LogP contribution is -2.23. The van der Waals surface area contributed by atoms with E-state index >= 15 is 0 Å². The largest absolute Gasteiger partial charge is 0.477 e. The Labute approximate surface area is 111 Å². The standard InChI is InChI=1S/C15H26N2O/c1-6-7-8-18-15-14(10-16-11(2)3)12(4)9-13(5)17-15/h9,11,16H,6-8,10H2,1-5H3. The van der Waals surface area contributed by atoms with E-state index in [0.29, 0.717) is 6.04 Å². The molecular weight excluding hydrogens is 224 g/mol. The average Bonchev–Trinajstić information content (AvgIpc) is 2.27. The molecular formula is C15H26N2O. The SMILES string of the molecule is CCCCOc1nc(C)cc(C)c1CNC(C)C. The van der Waals surface area contributed by atoms with Crippen LogP contribution in [0.25, 0.3) is 0 Å². The normalized spacial score (nSPS) is 11.0. The summed E-state index contributed by atoms with van der Waals surface area (Å²) in [5, 5.41) is 3.43. The van der Waals surface area contributed by atoms with Crippen molar-refractivity contribution in [2.24, 2.45) is 0 Å². The number of hydrogen-bond donors (Lipinski definition) is 1. The van der Waals surface area contributed by atoms with Gasteiger partial charge in [-0.25, -0.2) is 4.98 Å². The zero-order valence-electron chi connectivity index (χ0n) is 12.3. The highest BCUT2D eigenvalue weighted by Crippen LogP contribution is 2.21. The van der Waals surface area contributed by atoms with E-state index in [4.69, 9.17) is 4.74 Å². The molecule has 0 bridgehead atoms. The van der Waals surface area contributed by atoms with Crippen molar-refractivity contribution in [1.29, 1.82) is 0 Å². The third kappa shape index (κ3) is 4.65. The molecule has 0 amide bonds. The summed E-state index contributed by atoms with van der Waals surface area (Å²) < 4.78 is 5.82. The molecule has 3 heteroatoms. The molecule has 1 aromatic heterocycles. The second-order valence-electron chi connectivity index (χ2n) is 5.10. The number of unbranched alkanes of at least 4 members (excludes halogenated alkanes) is 1. The lowest BCUT2D eigenvalue weighted by molar-refractivity contribution is 0.292. The molecule has 0 spiro atoms. The van der Waals surface area contributed by atoms with Gasteiger partial charge in [-0.15, -0.1) is 0 Å². The maximum absolute atomic E-state index is 5.82. The molecule has 0 saturated carbocycles. The van der Waals surface area contributed by atoms with E-state index in [1.807, 2.05) is 6.92 Å². The van der Waals surface area contributed by atoms with Gasteiger partial charge >= 0.3 is 0 Å². The van der Waals surface area contributed by atoms with Gasteiger partial charge in [-0.3, -0.25) is 0 Å². The van der Waals surface area contributed by atoms with Crippen LogP contribution in [0.5, 0.6) is 5.88 Å². The number of nitrogens with one attached hydrogen (secondary N) is 1. The molecule has 0 aliphatic rings. The number of nitrogens with zero attached hydrogens (tertiary/aromatic N) is 1. The fraction of sp³-hybridized carbons (Fsp3) is 0.667. The highest BCUT2D eigenvalue weighted by atomic mass is 16.5. The molecule has 0 saturated heterocycles. The fourth-order valence-electron chi connectivity index (χ4n) is 1.78. The molecule has 3 nitrogen and oxygen atoms in total. The summed E-state index contributed by atoms with van der Waals surface area (Å²) in [4.78, 5) is 4.52. The van der Waals surface area contributed by atoms with Gasteiger partial charge in [0.25, 0.3) is 0 Å². The summed E-state index contributed by atoms with van der Waals surface area (Å²) in [6.45, 7) is 12.2. The van der Waals surface area contributed by atoms with E-state index in [9.17, 15) is 0 Å². The van der Waals surface area contributed by atoms with Gasteiger partial charge in [0.05, 0.1) is 6.61 Å². The second kappa shape index (κ2) is 7.37. The maximum Gasteiger partial charge on any atom is 0.218 e. The topological polar surface area (TPSA) is 34.1 Å². The molecule has 1 N–H and O–H groups in total. The Bertz CT molecular complexity index is 375. The summed E-state index contributed by atoms with van der Waals surface area (Å²) >= 11 is 0. The van der Waals surface area contributed by atoms with Crippen molar-refractivity contribution in [3.63, 3.8) is 0 Å². The Kier molecular flexibility index (Phi) is 6.13. The minimum Gasteiger partial charge on any atom is -0.477 e. The molecule has 18 heavy (non-hydrogen) atoms. The van der Waals surface area contributed by atoms with Crippen molar-refractivity contribution in [2.75, 3.05) is 6.61 Å². The molecule has 0 aliphatic carbocycles. The zero-order chi connectivity index (χ0) is 13.5. The molecule has 0 radical (unpaired) electrons. The van der Waals surface area contributed by atoms with Crippen molar-refractivity contribution in [3.8, 4) is 5.88 Å². The Morgan fingerprint density at radius 2 is 2.06 bits per heavy atom. The minimum absolute atomic E-state index is 0.467. The number of aryl methyl sites for hydroxylation is 2. The highest BCUT2D eigenvalue weighted by Gasteiger charge is 2.10. The summed E-state index contributed by atoms with van der Waals surface area (Å²) in [6.07, 6.45) is 2.22. The van der Waals surface area contributed by atoms with E-state index in [1.165, 1.54) is 11.1 Å². The molecule has 0 atom stereocenters. The van der Waals surface area contributed by atoms with Crippen molar-refractivity contribution in [2.45, 2.75) is 60.0 Å². The Morgan fingerprint density at radius 1 is 1.33 bits per heavy atom. The monoisotopic (exact) mass is 250 g/mol. The fourth-order valence-corrected chi connectivity index (χ4v) is 1.78. The first-order valence-corrected chi connectivity index (χ1v) is 6.87. The van der Waals surface area contributed by atoms with Gasteiger partial charge in [-0.05, 0) is 31.9 Å². The van der Waals surface area contributed by atoms with Gasteiger partial charge in [-0.1, -0.05) is 27.2 Å². The van der Waals surface area contributed by atoms with Gasteiger partial charge in [0.2, 0.25) is 5.88 Å². The molecule has 1 heterocycles. The van der Waals surface area contributed by atoms with Crippen molar-refractivity contribution in [1.82, 2.24) is 10.3 Å². The van der Waals surface area contributed by atoms with Crippen LogP contribution in [0.3, 0.4) is 0 Å². The minimum atomic E-state index is 0.467.